The van der Waals surface area contributed by atoms with Crippen LogP contribution >= 0.6 is 0 Å². The van der Waals surface area contributed by atoms with Gasteiger partial charge in [0, 0.05) is 29.2 Å². The quantitative estimate of drug-likeness (QED) is 0.594. The molecular formula is C20H17FN4O3. The number of carbonyl (C=O) groups excluding carboxylic acids is 3. The van der Waals surface area contributed by atoms with Crippen molar-refractivity contribution >= 4 is 34.4 Å². The Balaban J connectivity index is 1.42. The number of amides is 4. The fraction of sp³-hybridized carbons (Fsp3) is 0.150. The van der Waals surface area contributed by atoms with E-state index in [1.807, 2.05) is 30.5 Å². The van der Waals surface area contributed by atoms with Crippen molar-refractivity contribution in [2.75, 3.05) is 11.9 Å². The Kier molecular flexibility index (Phi) is 4.52. The summed E-state index contributed by atoms with van der Waals surface area (Å²) in [6.07, 6.45) is 2.14. The van der Waals surface area contributed by atoms with E-state index in [4.69, 9.17) is 0 Å². The maximum Gasteiger partial charge on any atom is 0.325 e. The van der Waals surface area contributed by atoms with Gasteiger partial charge in [0.15, 0.2) is 0 Å². The molecule has 1 aromatic heterocycles. The number of aromatic amines is 1. The molecule has 8 heteroatoms. The summed E-state index contributed by atoms with van der Waals surface area (Å²) in [6, 6.07) is 11.6. The van der Waals surface area contributed by atoms with Crippen LogP contribution in [0, 0.1) is 5.82 Å². The third-order valence-electron chi connectivity index (χ3n) is 4.64. The number of carbonyl (C=O) groups is 3. The molecule has 4 amide bonds. The van der Waals surface area contributed by atoms with Crippen LogP contribution in [0.2, 0.25) is 0 Å². The van der Waals surface area contributed by atoms with Crippen molar-refractivity contribution in [1.29, 1.82) is 0 Å². The number of urea groups is 1. The predicted molar refractivity (Wildman–Crippen MR) is 101 cm³/mol. The molecular weight excluding hydrogens is 363 g/mol. The van der Waals surface area contributed by atoms with E-state index in [0.29, 0.717) is 12.1 Å². The van der Waals surface area contributed by atoms with Crippen LogP contribution in [0.25, 0.3) is 10.9 Å². The fourth-order valence-electron chi connectivity index (χ4n) is 3.26. The lowest BCUT2D eigenvalue weighted by atomic mass is 10.1. The highest BCUT2D eigenvalue weighted by Crippen LogP contribution is 2.21. The number of imide groups is 1. The molecule has 0 saturated carbocycles. The van der Waals surface area contributed by atoms with Gasteiger partial charge in [-0.15, -0.1) is 0 Å². The van der Waals surface area contributed by atoms with Gasteiger partial charge in [0.25, 0.3) is 5.91 Å². The van der Waals surface area contributed by atoms with Gasteiger partial charge in [-0.2, -0.15) is 0 Å². The van der Waals surface area contributed by atoms with Crippen LogP contribution < -0.4 is 10.6 Å². The Labute approximate surface area is 159 Å². The van der Waals surface area contributed by atoms with E-state index < -0.39 is 36.2 Å². The van der Waals surface area contributed by atoms with Gasteiger partial charge in [-0.05, 0) is 35.9 Å². The van der Waals surface area contributed by atoms with Crippen LogP contribution in [-0.2, 0) is 16.0 Å². The van der Waals surface area contributed by atoms with Gasteiger partial charge in [-0.3, -0.25) is 14.5 Å². The van der Waals surface area contributed by atoms with Crippen molar-refractivity contribution in [2.24, 2.45) is 0 Å². The number of benzene rings is 2. The number of H-pyrrole nitrogens is 1. The predicted octanol–water partition coefficient (Wildman–Crippen LogP) is 2.41. The molecule has 1 aliphatic rings. The number of hydrogen-bond donors (Lipinski definition) is 3. The molecule has 2 heterocycles. The minimum absolute atomic E-state index is 0.324. The summed E-state index contributed by atoms with van der Waals surface area (Å²) < 4.78 is 12.9. The molecule has 0 spiro atoms. The zero-order valence-corrected chi connectivity index (χ0v) is 14.7. The number of halogens is 1. The minimum Gasteiger partial charge on any atom is -0.361 e. The highest BCUT2D eigenvalue weighted by atomic mass is 19.1. The highest BCUT2D eigenvalue weighted by molar-refractivity contribution is 6.08. The van der Waals surface area contributed by atoms with Crippen molar-refractivity contribution in [3.8, 4) is 0 Å². The van der Waals surface area contributed by atoms with Crippen LogP contribution in [0.5, 0.6) is 0 Å². The van der Waals surface area contributed by atoms with E-state index in [0.717, 1.165) is 21.4 Å². The minimum atomic E-state index is -0.731. The van der Waals surface area contributed by atoms with Crippen molar-refractivity contribution in [3.63, 3.8) is 0 Å². The Morgan fingerprint density at radius 3 is 2.64 bits per heavy atom. The topological polar surface area (TPSA) is 94.3 Å². The molecule has 3 N–H and O–H groups in total. The standard InChI is InChI=1S/C20H17FN4O3/c21-13-5-7-14(8-6-13)23-18(26)11-25-19(27)17(24-20(25)28)9-12-10-22-16-4-2-1-3-15(12)16/h1-8,10,17,22H,9,11H2,(H,23,26)(H,24,28). The number of fused-ring (bicyclic) bond motifs is 1. The van der Waals surface area contributed by atoms with Crippen molar-refractivity contribution in [3.05, 3.63) is 66.1 Å². The Morgan fingerprint density at radius 2 is 1.86 bits per heavy atom. The van der Waals surface area contributed by atoms with Crippen molar-refractivity contribution < 1.29 is 18.8 Å². The van der Waals surface area contributed by atoms with E-state index in [1.165, 1.54) is 24.3 Å². The van der Waals surface area contributed by atoms with Crippen LogP contribution in [0.3, 0.4) is 0 Å². The van der Waals surface area contributed by atoms with E-state index in [2.05, 4.69) is 15.6 Å². The summed E-state index contributed by atoms with van der Waals surface area (Å²) in [5, 5.41) is 6.15. The molecule has 4 rings (SSSR count). The van der Waals surface area contributed by atoms with Gasteiger partial charge in [0.2, 0.25) is 5.91 Å². The average molecular weight is 380 g/mol. The summed E-state index contributed by atoms with van der Waals surface area (Å²) in [4.78, 5) is 41.0. The third kappa shape index (κ3) is 3.44. The maximum absolute atomic E-state index is 12.9. The molecule has 1 saturated heterocycles. The van der Waals surface area contributed by atoms with Gasteiger partial charge in [-0.25, -0.2) is 9.18 Å². The number of nitrogens with one attached hydrogen (secondary N) is 3. The first-order chi connectivity index (χ1) is 13.5. The molecule has 7 nitrogen and oxygen atoms in total. The molecule has 3 aromatic rings. The van der Waals surface area contributed by atoms with Crippen LogP contribution in [0.1, 0.15) is 5.56 Å². The molecule has 0 aliphatic carbocycles. The monoisotopic (exact) mass is 380 g/mol. The van der Waals surface area contributed by atoms with Gasteiger partial charge in [0.1, 0.15) is 18.4 Å². The number of hydrogen-bond acceptors (Lipinski definition) is 3. The first-order valence-corrected chi connectivity index (χ1v) is 8.73. The normalized spacial score (nSPS) is 16.5. The summed E-state index contributed by atoms with van der Waals surface area (Å²) >= 11 is 0. The Bertz CT molecular complexity index is 1060. The average Bonchev–Trinajstić information content (AvgIpc) is 3.20. The van der Waals surface area contributed by atoms with Crippen LogP contribution in [0.4, 0.5) is 14.9 Å². The SMILES string of the molecule is O=C(CN1C(=O)NC(Cc2c[nH]c3ccccc23)C1=O)Nc1ccc(F)cc1. The second-order valence-corrected chi connectivity index (χ2v) is 6.55. The molecule has 2 aromatic carbocycles. The number of nitrogens with zero attached hydrogens (tertiary/aromatic N) is 1. The summed E-state index contributed by atoms with van der Waals surface area (Å²) in [5.74, 6) is -1.42. The number of para-hydroxylation sites is 1. The lowest BCUT2D eigenvalue weighted by Crippen LogP contribution is -2.38. The van der Waals surface area contributed by atoms with Crippen LogP contribution in [0.15, 0.2) is 54.7 Å². The lowest BCUT2D eigenvalue weighted by molar-refractivity contribution is -0.130. The van der Waals surface area contributed by atoms with Crippen molar-refractivity contribution in [1.82, 2.24) is 15.2 Å². The molecule has 0 radical (unpaired) electrons. The molecule has 1 aliphatic heterocycles. The zero-order valence-electron chi connectivity index (χ0n) is 14.7. The van der Waals surface area contributed by atoms with Gasteiger partial charge in [-0.1, -0.05) is 18.2 Å². The van der Waals surface area contributed by atoms with Gasteiger partial charge < -0.3 is 15.6 Å². The molecule has 1 fully saturated rings. The smallest absolute Gasteiger partial charge is 0.325 e. The second-order valence-electron chi connectivity index (χ2n) is 6.55. The van der Waals surface area contributed by atoms with E-state index >= 15 is 0 Å². The zero-order chi connectivity index (χ0) is 19.7. The van der Waals surface area contributed by atoms with E-state index in [1.54, 1.807) is 0 Å². The molecule has 142 valence electrons. The first kappa shape index (κ1) is 17.7. The van der Waals surface area contributed by atoms with Gasteiger partial charge in [0.05, 0.1) is 0 Å². The third-order valence-corrected chi connectivity index (χ3v) is 4.64. The van der Waals surface area contributed by atoms with Gasteiger partial charge >= 0.3 is 6.03 Å². The van der Waals surface area contributed by atoms with Crippen molar-refractivity contribution in [2.45, 2.75) is 12.5 Å². The number of aromatic nitrogens is 1. The number of rotatable bonds is 5. The maximum atomic E-state index is 12.9. The second kappa shape index (κ2) is 7.15. The summed E-state index contributed by atoms with van der Waals surface area (Å²) in [5.41, 5.74) is 2.24. The first-order valence-electron chi connectivity index (χ1n) is 8.73. The number of anilines is 1. The Morgan fingerprint density at radius 1 is 1.11 bits per heavy atom. The summed E-state index contributed by atoms with van der Waals surface area (Å²) in [7, 11) is 0. The molecule has 0 bridgehead atoms. The summed E-state index contributed by atoms with van der Waals surface area (Å²) in [6.45, 7) is -0.410. The fourth-order valence-corrected chi connectivity index (χ4v) is 3.26. The lowest BCUT2D eigenvalue weighted by Gasteiger charge is -2.13. The molecule has 1 atom stereocenters. The Hall–Kier alpha value is -3.68. The van der Waals surface area contributed by atoms with Crippen LogP contribution in [-0.4, -0.2) is 40.3 Å². The highest BCUT2D eigenvalue weighted by Gasteiger charge is 2.39. The largest absolute Gasteiger partial charge is 0.361 e. The molecule has 28 heavy (non-hydrogen) atoms. The van der Waals surface area contributed by atoms with E-state index in [9.17, 15) is 18.8 Å². The van der Waals surface area contributed by atoms with E-state index in [-0.39, 0.29) is 0 Å². The molecule has 1 unspecified atom stereocenters.